The van der Waals surface area contributed by atoms with E-state index in [0.29, 0.717) is 44.8 Å². The Hall–Kier alpha value is -3.88. The maximum absolute atomic E-state index is 13.3. The number of fused-ring (bicyclic) bond motifs is 2. The molecule has 2 aliphatic rings. The molecule has 2 amide bonds. The number of carbonyl (C=O) groups excluding carboxylic acids is 4. The lowest BCUT2D eigenvalue weighted by Crippen LogP contribution is -2.24. The Morgan fingerprint density at radius 1 is 0.553 bits per heavy atom. The molecule has 2 unspecified atom stereocenters. The molecule has 0 radical (unpaired) electrons. The first-order chi connectivity index (χ1) is 18.3. The summed E-state index contributed by atoms with van der Waals surface area (Å²) in [6, 6.07) is 24.3. The van der Waals surface area contributed by atoms with Crippen LogP contribution in [0.1, 0.15) is 54.8 Å². The summed E-state index contributed by atoms with van der Waals surface area (Å²) < 4.78 is 1.70. The van der Waals surface area contributed by atoms with Crippen LogP contribution in [0.5, 0.6) is 0 Å². The zero-order chi connectivity index (χ0) is 26.6. The molecular weight excluding hydrogens is 612 g/mol. The maximum Gasteiger partial charge on any atom is 0.233 e. The lowest BCUT2D eigenvalue weighted by atomic mass is 9.81. The minimum absolute atomic E-state index is 0.228. The third-order valence-electron chi connectivity index (χ3n) is 6.96. The molecule has 38 heavy (non-hydrogen) atoms. The normalized spacial score (nSPS) is 17.4. The van der Waals surface area contributed by atoms with Crippen LogP contribution in [-0.4, -0.2) is 23.4 Å². The molecule has 0 aromatic heterocycles. The first kappa shape index (κ1) is 24.5. The molecule has 2 heterocycles. The first-order valence-corrected chi connectivity index (χ1v) is 13.4. The van der Waals surface area contributed by atoms with Crippen LogP contribution in [0.3, 0.4) is 0 Å². The fourth-order valence-corrected chi connectivity index (χ4v) is 5.70. The number of amides is 2. The highest BCUT2D eigenvalue weighted by Crippen LogP contribution is 2.49. The van der Waals surface area contributed by atoms with E-state index in [1.165, 1.54) is 0 Å². The van der Waals surface area contributed by atoms with Crippen molar-refractivity contribution in [2.45, 2.75) is 11.8 Å². The van der Waals surface area contributed by atoms with Gasteiger partial charge in [0.1, 0.15) is 0 Å². The molecular formula is C30H18Br2N2O4. The molecule has 6 nitrogen and oxygen atoms in total. The van der Waals surface area contributed by atoms with E-state index in [9.17, 15) is 19.2 Å². The van der Waals surface area contributed by atoms with Crippen LogP contribution < -0.4 is 10.6 Å². The Bertz CT molecular complexity index is 1540. The van der Waals surface area contributed by atoms with Gasteiger partial charge in [-0.2, -0.15) is 0 Å². The number of hydrogen-bond donors (Lipinski definition) is 2. The van der Waals surface area contributed by atoms with Crippen molar-refractivity contribution in [2.75, 3.05) is 10.6 Å². The zero-order valence-electron chi connectivity index (χ0n) is 19.6. The van der Waals surface area contributed by atoms with Crippen molar-refractivity contribution in [1.29, 1.82) is 0 Å². The zero-order valence-corrected chi connectivity index (χ0v) is 22.8. The van der Waals surface area contributed by atoms with E-state index in [-0.39, 0.29) is 23.4 Å². The van der Waals surface area contributed by atoms with Crippen LogP contribution in [0.15, 0.2) is 93.9 Å². The predicted octanol–water partition coefficient (Wildman–Crippen LogP) is 6.45. The summed E-state index contributed by atoms with van der Waals surface area (Å²) in [6.45, 7) is 0. The number of anilines is 2. The van der Waals surface area contributed by atoms with Crippen LogP contribution in [0.4, 0.5) is 11.4 Å². The quantitative estimate of drug-likeness (QED) is 0.248. The molecule has 2 atom stereocenters. The van der Waals surface area contributed by atoms with Crippen LogP contribution in [0.2, 0.25) is 0 Å². The number of hydrogen-bond acceptors (Lipinski definition) is 4. The molecule has 2 N–H and O–H groups in total. The van der Waals surface area contributed by atoms with Crippen molar-refractivity contribution < 1.29 is 19.2 Å². The molecule has 0 bridgehead atoms. The summed E-state index contributed by atoms with van der Waals surface area (Å²) in [5.74, 6) is -2.88. The summed E-state index contributed by atoms with van der Waals surface area (Å²) in [4.78, 5) is 53.3. The lowest BCUT2D eigenvalue weighted by molar-refractivity contribution is -0.123. The van der Waals surface area contributed by atoms with E-state index in [4.69, 9.17) is 0 Å². The minimum atomic E-state index is -0.845. The summed E-state index contributed by atoms with van der Waals surface area (Å²) in [5.41, 5.74) is 3.68. The predicted molar refractivity (Wildman–Crippen MR) is 151 cm³/mol. The summed E-state index contributed by atoms with van der Waals surface area (Å²) in [7, 11) is 0. The number of benzene rings is 4. The topological polar surface area (TPSA) is 92.3 Å². The van der Waals surface area contributed by atoms with Crippen LogP contribution in [-0.2, 0) is 9.59 Å². The molecule has 8 heteroatoms. The Labute approximate surface area is 234 Å². The van der Waals surface area contributed by atoms with Crippen LogP contribution in [0, 0.1) is 0 Å². The largest absolute Gasteiger partial charge is 0.325 e. The van der Waals surface area contributed by atoms with Crippen LogP contribution >= 0.6 is 31.9 Å². The Morgan fingerprint density at radius 2 is 0.921 bits per heavy atom. The SMILES string of the molecule is O=C(c1ccc(Br)cc1)c1cccc2c1NC(=O)C2C1C(=O)Nc2c(C(=O)c3ccc(Br)cc3)cccc21. The fourth-order valence-electron chi connectivity index (χ4n) is 5.18. The van der Waals surface area contributed by atoms with E-state index in [1.807, 2.05) is 0 Å². The van der Waals surface area contributed by atoms with Gasteiger partial charge in [0.2, 0.25) is 11.8 Å². The molecule has 0 saturated heterocycles. The number of carbonyl (C=O) groups is 4. The van der Waals surface area contributed by atoms with Gasteiger partial charge in [0.25, 0.3) is 0 Å². The average molecular weight is 630 g/mol. The van der Waals surface area contributed by atoms with Gasteiger partial charge in [-0.05, 0) is 71.8 Å². The van der Waals surface area contributed by atoms with Gasteiger partial charge in [0, 0.05) is 31.2 Å². The van der Waals surface area contributed by atoms with Crippen molar-refractivity contribution in [2.24, 2.45) is 0 Å². The van der Waals surface area contributed by atoms with Crippen LogP contribution in [0.25, 0.3) is 0 Å². The van der Waals surface area contributed by atoms with Gasteiger partial charge in [-0.1, -0.05) is 56.1 Å². The van der Waals surface area contributed by atoms with Crippen molar-refractivity contribution in [1.82, 2.24) is 0 Å². The van der Waals surface area contributed by atoms with E-state index >= 15 is 0 Å². The maximum atomic E-state index is 13.3. The van der Waals surface area contributed by atoms with E-state index < -0.39 is 11.8 Å². The van der Waals surface area contributed by atoms with Crippen molar-refractivity contribution in [3.05, 3.63) is 127 Å². The van der Waals surface area contributed by atoms with Gasteiger partial charge in [0.15, 0.2) is 11.6 Å². The van der Waals surface area contributed by atoms with Gasteiger partial charge in [-0.25, -0.2) is 0 Å². The third kappa shape index (κ3) is 4.01. The van der Waals surface area contributed by atoms with E-state index in [1.54, 1.807) is 84.9 Å². The molecule has 4 aromatic carbocycles. The molecule has 0 aliphatic carbocycles. The van der Waals surface area contributed by atoms with Gasteiger partial charge < -0.3 is 10.6 Å². The first-order valence-electron chi connectivity index (χ1n) is 11.8. The smallest absolute Gasteiger partial charge is 0.233 e. The highest BCUT2D eigenvalue weighted by Gasteiger charge is 2.47. The lowest BCUT2D eigenvalue weighted by Gasteiger charge is -2.16. The molecule has 186 valence electrons. The highest BCUT2D eigenvalue weighted by molar-refractivity contribution is 9.10. The standard InChI is InChI=1S/C30H18Br2N2O4/c31-17-11-7-15(8-12-17)27(35)21-5-1-3-19-23(29(37)33-25(19)21)24-20-4-2-6-22(26(20)34-30(24)38)28(36)16-9-13-18(32)14-10-16/h1-14,23-24H,(H,33,37)(H,34,38). The molecule has 6 rings (SSSR count). The Morgan fingerprint density at radius 3 is 1.29 bits per heavy atom. The molecule has 4 aromatic rings. The second-order valence-electron chi connectivity index (χ2n) is 9.15. The van der Waals surface area contributed by atoms with Gasteiger partial charge in [0.05, 0.1) is 23.2 Å². The molecule has 0 fully saturated rings. The number of nitrogens with one attached hydrogen (secondary N) is 2. The molecule has 0 saturated carbocycles. The monoisotopic (exact) mass is 628 g/mol. The highest BCUT2D eigenvalue weighted by atomic mass is 79.9. The van der Waals surface area contributed by atoms with Gasteiger partial charge in [-0.3, -0.25) is 19.2 Å². The van der Waals surface area contributed by atoms with Crippen molar-refractivity contribution in [3.63, 3.8) is 0 Å². The van der Waals surface area contributed by atoms with E-state index in [0.717, 1.165) is 8.95 Å². The second kappa shape index (κ2) is 9.45. The van der Waals surface area contributed by atoms with Gasteiger partial charge in [-0.15, -0.1) is 0 Å². The summed E-state index contributed by atoms with van der Waals surface area (Å²) >= 11 is 6.75. The summed E-state index contributed by atoms with van der Waals surface area (Å²) in [5, 5.41) is 5.71. The Kier molecular flexibility index (Phi) is 6.08. The number of rotatable bonds is 5. The minimum Gasteiger partial charge on any atom is -0.325 e. The van der Waals surface area contributed by atoms with E-state index in [2.05, 4.69) is 42.5 Å². The Balaban J connectivity index is 1.39. The average Bonchev–Trinajstić information content (AvgIpc) is 3.43. The second-order valence-corrected chi connectivity index (χ2v) is 11.0. The molecule has 2 aliphatic heterocycles. The third-order valence-corrected chi connectivity index (χ3v) is 8.02. The summed E-state index contributed by atoms with van der Waals surface area (Å²) in [6.07, 6.45) is 0. The fraction of sp³-hybridized carbons (Fsp3) is 0.0667. The van der Waals surface area contributed by atoms with Crippen molar-refractivity contribution in [3.8, 4) is 0 Å². The van der Waals surface area contributed by atoms with Crippen molar-refractivity contribution >= 4 is 66.6 Å². The van der Waals surface area contributed by atoms with Gasteiger partial charge >= 0.3 is 0 Å². The number of para-hydroxylation sites is 2. The molecule has 0 spiro atoms. The number of halogens is 2. The number of ketones is 2.